The van der Waals surface area contributed by atoms with Crippen molar-refractivity contribution in [3.63, 3.8) is 0 Å². The Morgan fingerprint density at radius 1 is 1.09 bits per heavy atom. The fourth-order valence-electron chi connectivity index (χ4n) is 5.10. The Morgan fingerprint density at radius 3 is 2.27 bits per heavy atom. The first kappa shape index (κ1) is 23.6. The third kappa shape index (κ3) is 4.22. The van der Waals surface area contributed by atoms with E-state index in [0.29, 0.717) is 19.4 Å². The second kappa shape index (κ2) is 8.65. The van der Waals surface area contributed by atoms with Crippen molar-refractivity contribution in [2.75, 3.05) is 19.6 Å². The van der Waals surface area contributed by atoms with E-state index >= 15 is 0 Å². The van der Waals surface area contributed by atoms with Gasteiger partial charge in [0.25, 0.3) is 5.91 Å². The van der Waals surface area contributed by atoms with E-state index < -0.39 is 22.3 Å². The molecule has 0 aliphatic carbocycles. The monoisotopic (exact) mass is 480 g/mol. The Balaban J connectivity index is 1.59. The Bertz CT molecular complexity index is 1020. The van der Waals surface area contributed by atoms with Crippen molar-refractivity contribution in [3.8, 4) is 0 Å². The summed E-state index contributed by atoms with van der Waals surface area (Å²) in [7, 11) is 0. The minimum Gasteiger partial charge on any atom is -0.370 e. The molecule has 2 amide bonds. The highest BCUT2D eigenvalue weighted by atomic mass is 35.5. The van der Waals surface area contributed by atoms with Gasteiger partial charge in [0.05, 0.1) is 0 Å². The van der Waals surface area contributed by atoms with Gasteiger partial charge in [-0.2, -0.15) is 8.78 Å². The molecule has 2 atom stereocenters. The summed E-state index contributed by atoms with van der Waals surface area (Å²) in [5.41, 5.74) is -3.16. The van der Waals surface area contributed by atoms with Crippen molar-refractivity contribution < 1.29 is 27.9 Å². The van der Waals surface area contributed by atoms with Crippen LogP contribution in [0.4, 0.5) is 13.2 Å². The molecule has 0 unspecified atom stereocenters. The van der Waals surface area contributed by atoms with Crippen LogP contribution in [0.3, 0.4) is 0 Å². The SMILES string of the molecule is O=C1CC2(CCN(C(=O)[C@@](O)(c3ccccc3)C(F)(F)Cl)CC2)[C@H](c2ccc(F)cc2)CN1. The predicted octanol–water partition coefficient (Wildman–Crippen LogP) is 3.76. The maximum atomic E-state index is 14.4. The van der Waals surface area contributed by atoms with Gasteiger partial charge in [0, 0.05) is 37.5 Å². The second-order valence-corrected chi connectivity index (χ2v) is 9.29. The van der Waals surface area contributed by atoms with Crippen molar-refractivity contribution in [2.24, 2.45) is 5.41 Å². The number of nitrogens with one attached hydrogen (secondary N) is 1. The Kier molecular flexibility index (Phi) is 6.18. The van der Waals surface area contributed by atoms with Crippen LogP contribution in [0.2, 0.25) is 0 Å². The minimum absolute atomic E-state index is 0.0753. The van der Waals surface area contributed by atoms with Gasteiger partial charge in [-0.05, 0) is 47.6 Å². The van der Waals surface area contributed by atoms with Crippen LogP contribution < -0.4 is 5.32 Å². The topological polar surface area (TPSA) is 69.6 Å². The summed E-state index contributed by atoms with van der Waals surface area (Å²) in [6.07, 6.45) is 0.950. The van der Waals surface area contributed by atoms with Gasteiger partial charge in [0.2, 0.25) is 11.5 Å². The van der Waals surface area contributed by atoms with Crippen LogP contribution in [0.15, 0.2) is 54.6 Å². The number of rotatable bonds is 4. The van der Waals surface area contributed by atoms with E-state index in [1.807, 2.05) is 0 Å². The highest BCUT2D eigenvalue weighted by Gasteiger charge is 2.60. The number of halogens is 4. The summed E-state index contributed by atoms with van der Waals surface area (Å²) in [5.74, 6) is -1.78. The molecule has 2 aliphatic heterocycles. The maximum Gasteiger partial charge on any atom is 0.363 e. The zero-order chi connectivity index (χ0) is 23.9. The fourth-order valence-corrected chi connectivity index (χ4v) is 5.29. The summed E-state index contributed by atoms with van der Waals surface area (Å²) in [6, 6.07) is 13.0. The van der Waals surface area contributed by atoms with Crippen molar-refractivity contribution in [1.82, 2.24) is 10.2 Å². The van der Waals surface area contributed by atoms with Crippen LogP contribution in [-0.4, -0.2) is 46.8 Å². The Hall–Kier alpha value is -2.58. The largest absolute Gasteiger partial charge is 0.370 e. The van der Waals surface area contributed by atoms with Crippen LogP contribution >= 0.6 is 11.6 Å². The molecule has 33 heavy (non-hydrogen) atoms. The van der Waals surface area contributed by atoms with Gasteiger partial charge >= 0.3 is 5.38 Å². The second-order valence-electron chi connectivity index (χ2n) is 8.81. The predicted molar refractivity (Wildman–Crippen MR) is 116 cm³/mol. The highest BCUT2D eigenvalue weighted by molar-refractivity contribution is 6.24. The first-order chi connectivity index (χ1) is 15.6. The maximum absolute atomic E-state index is 14.4. The average Bonchev–Trinajstić information content (AvgIpc) is 2.79. The molecule has 0 saturated carbocycles. The van der Waals surface area contributed by atoms with E-state index in [1.165, 1.54) is 41.3 Å². The van der Waals surface area contributed by atoms with Crippen molar-refractivity contribution in [2.45, 2.75) is 36.2 Å². The van der Waals surface area contributed by atoms with Gasteiger partial charge in [0.1, 0.15) is 5.82 Å². The molecular weight excluding hydrogens is 457 g/mol. The number of nitrogens with zero attached hydrogens (tertiary/aromatic N) is 1. The smallest absolute Gasteiger partial charge is 0.363 e. The summed E-state index contributed by atoms with van der Waals surface area (Å²) < 4.78 is 42.2. The van der Waals surface area contributed by atoms with Crippen LogP contribution in [0, 0.1) is 11.2 Å². The quantitative estimate of drug-likeness (QED) is 0.655. The lowest BCUT2D eigenvalue weighted by atomic mass is 9.62. The molecule has 2 aromatic carbocycles. The van der Waals surface area contributed by atoms with Gasteiger partial charge in [-0.1, -0.05) is 42.5 Å². The fraction of sp³-hybridized carbons (Fsp3) is 0.417. The number of amides is 2. The molecule has 0 bridgehead atoms. The van der Waals surface area contributed by atoms with Crippen molar-refractivity contribution in [3.05, 3.63) is 71.5 Å². The zero-order valence-corrected chi connectivity index (χ0v) is 18.5. The molecule has 0 aromatic heterocycles. The summed E-state index contributed by atoms with van der Waals surface area (Å²) >= 11 is 5.25. The molecule has 2 aromatic rings. The number of carbonyl (C=O) groups is 2. The summed E-state index contributed by atoms with van der Waals surface area (Å²) in [5, 5.41) is 9.48. The number of likely N-dealkylation sites (tertiary alicyclic amines) is 1. The van der Waals surface area contributed by atoms with E-state index in [-0.39, 0.29) is 42.7 Å². The number of hydrogen-bond acceptors (Lipinski definition) is 3. The average molecular weight is 481 g/mol. The molecule has 2 saturated heterocycles. The van der Waals surface area contributed by atoms with Crippen LogP contribution in [0.5, 0.6) is 0 Å². The molecule has 176 valence electrons. The van der Waals surface area contributed by atoms with E-state index in [9.17, 15) is 27.9 Å². The standard InChI is InChI=1S/C24H24ClF3N2O3/c25-24(27,28)23(33,17-4-2-1-3-5-17)21(32)30-12-10-22(11-13-30)14-20(31)29-15-19(22)16-6-8-18(26)9-7-16/h1-9,19,33H,10-15H2,(H,29,31)/t19-,23-/m0/s1. The third-order valence-corrected chi connectivity index (χ3v) is 7.26. The summed E-state index contributed by atoms with van der Waals surface area (Å²) in [4.78, 5) is 26.6. The van der Waals surface area contributed by atoms with E-state index in [2.05, 4.69) is 5.32 Å². The van der Waals surface area contributed by atoms with Gasteiger partial charge in [-0.3, -0.25) is 9.59 Å². The molecule has 2 N–H and O–H groups in total. The molecule has 4 rings (SSSR count). The van der Waals surface area contributed by atoms with Crippen LogP contribution in [0.25, 0.3) is 0 Å². The number of aliphatic hydroxyl groups is 1. The van der Waals surface area contributed by atoms with E-state index in [1.54, 1.807) is 18.2 Å². The van der Waals surface area contributed by atoms with Gasteiger partial charge in [0.15, 0.2) is 0 Å². The lowest BCUT2D eigenvalue weighted by molar-refractivity contribution is -0.183. The third-order valence-electron chi connectivity index (χ3n) is 6.99. The Labute approximate surface area is 194 Å². The normalized spacial score (nSPS) is 22.5. The number of benzene rings is 2. The van der Waals surface area contributed by atoms with Gasteiger partial charge < -0.3 is 15.3 Å². The molecule has 0 radical (unpaired) electrons. The first-order valence-electron chi connectivity index (χ1n) is 10.7. The number of carbonyl (C=O) groups excluding carboxylic acids is 2. The van der Waals surface area contributed by atoms with Crippen LogP contribution in [-0.2, 0) is 15.2 Å². The molecular formula is C24H24ClF3N2O3. The minimum atomic E-state index is -4.23. The molecule has 9 heteroatoms. The molecule has 5 nitrogen and oxygen atoms in total. The van der Waals surface area contributed by atoms with Crippen molar-refractivity contribution >= 4 is 23.4 Å². The molecule has 2 fully saturated rings. The molecule has 2 aliphatic rings. The van der Waals surface area contributed by atoms with E-state index in [0.717, 1.165) is 5.56 Å². The van der Waals surface area contributed by atoms with Gasteiger partial charge in [-0.15, -0.1) is 0 Å². The number of alkyl halides is 3. The first-order valence-corrected chi connectivity index (χ1v) is 11.1. The van der Waals surface area contributed by atoms with Gasteiger partial charge in [-0.25, -0.2) is 4.39 Å². The zero-order valence-electron chi connectivity index (χ0n) is 17.7. The number of hydrogen-bond donors (Lipinski definition) is 2. The van der Waals surface area contributed by atoms with Crippen molar-refractivity contribution in [1.29, 1.82) is 0 Å². The molecule has 1 spiro atoms. The lowest BCUT2D eigenvalue weighted by Crippen LogP contribution is -2.59. The van der Waals surface area contributed by atoms with Crippen LogP contribution in [0.1, 0.15) is 36.3 Å². The highest BCUT2D eigenvalue weighted by Crippen LogP contribution is 2.50. The Morgan fingerprint density at radius 2 is 1.70 bits per heavy atom. The van der Waals surface area contributed by atoms with E-state index in [4.69, 9.17) is 11.6 Å². The molecule has 2 heterocycles. The summed E-state index contributed by atoms with van der Waals surface area (Å²) in [6.45, 7) is 0.518. The number of piperidine rings is 2. The lowest BCUT2D eigenvalue weighted by Gasteiger charge is -2.50.